The fourth-order valence-corrected chi connectivity index (χ4v) is 3.05. The van der Waals surface area contributed by atoms with Crippen molar-refractivity contribution in [3.05, 3.63) is 18.2 Å². The summed E-state index contributed by atoms with van der Waals surface area (Å²) in [6, 6.07) is 0. The molecule has 5 nitrogen and oxygen atoms in total. The van der Waals surface area contributed by atoms with Crippen molar-refractivity contribution in [3.8, 4) is 0 Å². The van der Waals surface area contributed by atoms with Crippen molar-refractivity contribution in [2.75, 3.05) is 19.6 Å². The lowest BCUT2D eigenvalue weighted by Crippen LogP contribution is -2.47. The number of carbonyl (C=O) groups excluding carboxylic acids is 1. The van der Waals surface area contributed by atoms with Gasteiger partial charge in [0.1, 0.15) is 5.82 Å². The second kappa shape index (κ2) is 7.43. The number of hydrogen-bond donors (Lipinski definition) is 3. The Morgan fingerprint density at radius 1 is 1.45 bits per heavy atom. The number of aromatic amines is 1. The predicted octanol–water partition coefficient (Wildman–Crippen LogP) is 1.63. The van der Waals surface area contributed by atoms with E-state index in [1.165, 1.54) is 0 Å². The third-order valence-corrected chi connectivity index (χ3v) is 4.20. The number of nitrogens with one attached hydrogen (secondary N) is 3. The van der Waals surface area contributed by atoms with Gasteiger partial charge >= 0.3 is 0 Å². The summed E-state index contributed by atoms with van der Waals surface area (Å²) in [5.74, 6) is 1.24. The van der Waals surface area contributed by atoms with Crippen molar-refractivity contribution in [1.82, 2.24) is 20.6 Å². The van der Waals surface area contributed by atoms with E-state index in [0.717, 1.165) is 64.0 Å². The Labute approximate surface area is 120 Å². The van der Waals surface area contributed by atoms with Crippen molar-refractivity contribution in [1.29, 1.82) is 0 Å². The molecule has 1 aliphatic rings. The van der Waals surface area contributed by atoms with E-state index in [-0.39, 0.29) is 11.3 Å². The molecule has 1 aromatic heterocycles. The van der Waals surface area contributed by atoms with E-state index in [4.69, 9.17) is 0 Å². The molecule has 1 aromatic rings. The van der Waals surface area contributed by atoms with Gasteiger partial charge in [-0.3, -0.25) is 4.79 Å². The molecular weight excluding hydrogens is 252 g/mol. The van der Waals surface area contributed by atoms with Crippen molar-refractivity contribution >= 4 is 5.91 Å². The van der Waals surface area contributed by atoms with Crippen LogP contribution in [0.1, 0.15) is 44.9 Å². The Morgan fingerprint density at radius 2 is 2.25 bits per heavy atom. The molecule has 0 saturated carbocycles. The average Bonchev–Trinajstić information content (AvgIpc) is 2.98. The molecule has 0 unspecified atom stereocenters. The molecule has 0 bridgehead atoms. The summed E-state index contributed by atoms with van der Waals surface area (Å²) >= 11 is 0. The van der Waals surface area contributed by atoms with Crippen molar-refractivity contribution in [3.63, 3.8) is 0 Å². The topological polar surface area (TPSA) is 69.8 Å². The van der Waals surface area contributed by atoms with Gasteiger partial charge in [0, 0.05) is 25.4 Å². The Morgan fingerprint density at radius 3 is 2.90 bits per heavy atom. The van der Waals surface area contributed by atoms with E-state index < -0.39 is 0 Å². The van der Waals surface area contributed by atoms with Gasteiger partial charge in [0.05, 0.1) is 5.41 Å². The van der Waals surface area contributed by atoms with Gasteiger partial charge in [0.25, 0.3) is 0 Å². The molecule has 2 heterocycles. The minimum atomic E-state index is -0.134. The van der Waals surface area contributed by atoms with Crippen LogP contribution in [0.25, 0.3) is 0 Å². The lowest BCUT2D eigenvalue weighted by Gasteiger charge is -2.36. The summed E-state index contributed by atoms with van der Waals surface area (Å²) in [5, 5.41) is 6.48. The highest BCUT2D eigenvalue weighted by molar-refractivity contribution is 5.82. The lowest BCUT2D eigenvalue weighted by atomic mass is 9.74. The van der Waals surface area contributed by atoms with E-state index in [2.05, 4.69) is 27.5 Å². The SMILES string of the molecule is CCCC1(C(=O)NCCCc2ncc[nH]2)CCNCC1. The van der Waals surface area contributed by atoms with Crippen molar-refractivity contribution < 1.29 is 4.79 Å². The molecule has 20 heavy (non-hydrogen) atoms. The minimum absolute atomic E-state index is 0.134. The van der Waals surface area contributed by atoms with Crippen LogP contribution in [0.5, 0.6) is 0 Å². The third kappa shape index (κ3) is 3.82. The zero-order valence-electron chi connectivity index (χ0n) is 12.4. The second-order valence-electron chi connectivity index (χ2n) is 5.68. The minimum Gasteiger partial charge on any atom is -0.356 e. The van der Waals surface area contributed by atoms with Crippen LogP contribution in [0.4, 0.5) is 0 Å². The van der Waals surface area contributed by atoms with Gasteiger partial charge in [-0.05, 0) is 38.8 Å². The van der Waals surface area contributed by atoms with Crippen LogP contribution in [-0.2, 0) is 11.2 Å². The van der Waals surface area contributed by atoms with Crippen LogP contribution < -0.4 is 10.6 Å². The highest BCUT2D eigenvalue weighted by Crippen LogP contribution is 2.34. The molecule has 2 rings (SSSR count). The monoisotopic (exact) mass is 278 g/mol. The molecule has 1 amide bonds. The molecule has 0 aromatic carbocycles. The zero-order valence-corrected chi connectivity index (χ0v) is 12.4. The Balaban J connectivity index is 1.76. The number of nitrogens with zero attached hydrogens (tertiary/aromatic N) is 1. The number of rotatable bonds is 7. The Hall–Kier alpha value is -1.36. The number of piperidine rings is 1. The average molecular weight is 278 g/mol. The number of imidazole rings is 1. The van der Waals surface area contributed by atoms with E-state index in [9.17, 15) is 4.79 Å². The van der Waals surface area contributed by atoms with Crippen LogP contribution >= 0.6 is 0 Å². The van der Waals surface area contributed by atoms with Crippen LogP contribution in [0, 0.1) is 5.41 Å². The summed E-state index contributed by atoms with van der Waals surface area (Å²) in [6.45, 7) is 4.81. The van der Waals surface area contributed by atoms with E-state index in [1.807, 2.05) is 6.20 Å². The molecule has 0 atom stereocenters. The fourth-order valence-electron chi connectivity index (χ4n) is 3.05. The van der Waals surface area contributed by atoms with E-state index in [0.29, 0.717) is 0 Å². The van der Waals surface area contributed by atoms with Crippen LogP contribution in [0.15, 0.2) is 12.4 Å². The predicted molar refractivity (Wildman–Crippen MR) is 79.4 cm³/mol. The summed E-state index contributed by atoms with van der Waals surface area (Å²) in [5.41, 5.74) is -0.134. The summed E-state index contributed by atoms with van der Waals surface area (Å²) < 4.78 is 0. The smallest absolute Gasteiger partial charge is 0.226 e. The normalized spacial score (nSPS) is 17.9. The van der Waals surface area contributed by atoms with Gasteiger partial charge < -0.3 is 15.6 Å². The summed E-state index contributed by atoms with van der Waals surface area (Å²) in [7, 11) is 0. The zero-order chi connectivity index (χ0) is 14.3. The number of aryl methyl sites for hydroxylation is 1. The first kappa shape index (κ1) is 15.0. The van der Waals surface area contributed by atoms with Crippen molar-refractivity contribution in [2.24, 2.45) is 5.41 Å². The quantitative estimate of drug-likeness (QED) is 0.664. The largest absolute Gasteiger partial charge is 0.356 e. The molecule has 0 spiro atoms. The second-order valence-corrected chi connectivity index (χ2v) is 5.68. The number of amides is 1. The van der Waals surface area contributed by atoms with Gasteiger partial charge in [-0.25, -0.2) is 4.98 Å². The molecule has 0 aliphatic carbocycles. The molecule has 1 aliphatic heterocycles. The Kier molecular flexibility index (Phi) is 5.59. The van der Waals surface area contributed by atoms with Gasteiger partial charge in [0.15, 0.2) is 0 Å². The standard InChI is InChI=1S/C15H26N4O/c1-2-5-15(6-9-16-10-7-15)14(20)19-8-3-4-13-17-11-12-18-13/h11-12,16H,2-10H2,1H3,(H,17,18)(H,19,20). The maximum Gasteiger partial charge on any atom is 0.226 e. The first-order valence-electron chi connectivity index (χ1n) is 7.74. The Bertz CT molecular complexity index is 391. The van der Waals surface area contributed by atoms with Gasteiger partial charge in [0.2, 0.25) is 5.91 Å². The molecule has 5 heteroatoms. The molecule has 0 radical (unpaired) electrons. The van der Waals surface area contributed by atoms with Crippen LogP contribution in [0.3, 0.4) is 0 Å². The van der Waals surface area contributed by atoms with E-state index in [1.54, 1.807) is 6.20 Å². The van der Waals surface area contributed by atoms with E-state index >= 15 is 0 Å². The molecular formula is C15H26N4O. The molecule has 3 N–H and O–H groups in total. The summed E-state index contributed by atoms with van der Waals surface area (Å²) in [4.78, 5) is 19.8. The maximum atomic E-state index is 12.5. The third-order valence-electron chi connectivity index (χ3n) is 4.20. The van der Waals surface area contributed by atoms with Crippen molar-refractivity contribution in [2.45, 2.75) is 45.4 Å². The van der Waals surface area contributed by atoms with Crippen LogP contribution in [0.2, 0.25) is 0 Å². The van der Waals surface area contributed by atoms with Gasteiger partial charge in [-0.15, -0.1) is 0 Å². The van der Waals surface area contributed by atoms with Gasteiger partial charge in [-0.1, -0.05) is 13.3 Å². The first-order chi connectivity index (χ1) is 9.77. The van der Waals surface area contributed by atoms with Gasteiger partial charge in [-0.2, -0.15) is 0 Å². The lowest BCUT2D eigenvalue weighted by molar-refractivity contribution is -0.133. The first-order valence-corrected chi connectivity index (χ1v) is 7.74. The number of hydrogen-bond acceptors (Lipinski definition) is 3. The fraction of sp³-hybridized carbons (Fsp3) is 0.733. The number of aromatic nitrogens is 2. The molecule has 1 saturated heterocycles. The maximum absolute atomic E-state index is 12.5. The summed E-state index contributed by atoms with van der Waals surface area (Å²) in [6.07, 6.45) is 9.40. The number of H-pyrrole nitrogens is 1. The number of carbonyl (C=O) groups is 1. The molecule has 112 valence electrons. The highest BCUT2D eigenvalue weighted by atomic mass is 16.2. The highest BCUT2D eigenvalue weighted by Gasteiger charge is 2.38. The molecule has 1 fully saturated rings. The van der Waals surface area contributed by atoms with Crippen LogP contribution in [-0.4, -0.2) is 35.5 Å².